The summed E-state index contributed by atoms with van der Waals surface area (Å²) in [6.45, 7) is 0. The van der Waals surface area contributed by atoms with Crippen molar-refractivity contribution in [1.29, 1.82) is 0 Å². The van der Waals surface area contributed by atoms with Crippen LogP contribution in [-0.4, -0.2) is 5.11 Å². The van der Waals surface area contributed by atoms with Gasteiger partial charge in [-0.15, -0.1) is 0 Å². The molecular formula is C17H13BrN2S. The SMILES string of the molecule is S=C(Nc1ccc(Br)cc1)Nc1ccc2ccccc2c1. The van der Waals surface area contributed by atoms with Gasteiger partial charge in [-0.05, 0) is 59.4 Å². The molecule has 0 aliphatic carbocycles. The third kappa shape index (κ3) is 3.60. The number of halogens is 1. The summed E-state index contributed by atoms with van der Waals surface area (Å²) in [6.07, 6.45) is 0. The van der Waals surface area contributed by atoms with E-state index in [0.29, 0.717) is 5.11 Å². The number of anilines is 2. The minimum atomic E-state index is 0.576. The summed E-state index contributed by atoms with van der Waals surface area (Å²) in [4.78, 5) is 0. The minimum Gasteiger partial charge on any atom is -0.332 e. The molecule has 0 saturated carbocycles. The Labute approximate surface area is 137 Å². The first-order valence-electron chi connectivity index (χ1n) is 6.53. The lowest BCUT2D eigenvalue weighted by Gasteiger charge is -2.11. The summed E-state index contributed by atoms with van der Waals surface area (Å²) in [6, 6.07) is 22.3. The lowest BCUT2D eigenvalue weighted by molar-refractivity contribution is 1.59. The predicted molar refractivity (Wildman–Crippen MR) is 97.9 cm³/mol. The van der Waals surface area contributed by atoms with Crippen molar-refractivity contribution in [2.45, 2.75) is 0 Å². The predicted octanol–water partition coefficient (Wildman–Crippen LogP) is 5.41. The van der Waals surface area contributed by atoms with Crippen LogP contribution in [0.4, 0.5) is 11.4 Å². The molecule has 0 atom stereocenters. The number of thiocarbonyl (C=S) groups is 1. The summed E-state index contributed by atoms with van der Waals surface area (Å²) >= 11 is 8.75. The van der Waals surface area contributed by atoms with Crippen LogP contribution in [0.1, 0.15) is 0 Å². The number of benzene rings is 3. The lowest BCUT2D eigenvalue weighted by Crippen LogP contribution is -2.18. The van der Waals surface area contributed by atoms with E-state index in [9.17, 15) is 0 Å². The summed E-state index contributed by atoms with van der Waals surface area (Å²) in [5, 5.41) is 9.35. The van der Waals surface area contributed by atoms with E-state index in [0.717, 1.165) is 15.8 Å². The van der Waals surface area contributed by atoms with E-state index in [-0.39, 0.29) is 0 Å². The number of nitrogens with one attached hydrogen (secondary N) is 2. The molecule has 0 spiro atoms. The van der Waals surface area contributed by atoms with E-state index in [1.54, 1.807) is 0 Å². The van der Waals surface area contributed by atoms with Gasteiger partial charge in [0.15, 0.2) is 5.11 Å². The Kier molecular flexibility index (Phi) is 4.18. The summed E-state index contributed by atoms with van der Waals surface area (Å²) in [5.41, 5.74) is 1.93. The van der Waals surface area contributed by atoms with Crippen molar-refractivity contribution < 1.29 is 0 Å². The topological polar surface area (TPSA) is 24.1 Å². The quantitative estimate of drug-likeness (QED) is 0.600. The Morgan fingerprint density at radius 3 is 2.14 bits per heavy atom. The second-order valence-corrected chi connectivity index (χ2v) is 5.97. The van der Waals surface area contributed by atoms with Gasteiger partial charge in [-0.2, -0.15) is 0 Å². The molecule has 4 heteroatoms. The molecule has 0 unspecified atom stereocenters. The Hall–Kier alpha value is -1.91. The van der Waals surface area contributed by atoms with Crippen molar-refractivity contribution in [2.75, 3.05) is 10.6 Å². The summed E-state index contributed by atoms with van der Waals surface area (Å²) in [5.74, 6) is 0. The number of fused-ring (bicyclic) bond motifs is 1. The minimum absolute atomic E-state index is 0.576. The third-order valence-electron chi connectivity index (χ3n) is 3.11. The molecule has 0 amide bonds. The fraction of sp³-hybridized carbons (Fsp3) is 0. The normalized spacial score (nSPS) is 10.3. The van der Waals surface area contributed by atoms with Crippen LogP contribution in [0.5, 0.6) is 0 Å². The molecule has 104 valence electrons. The van der Waals surface area contributed by atoms with Crippen molar-refractivity contribution in [3.05, 3.63) is 71.2 Å². The van der Waals surface area contributed by atoms with Gasteiger partial charge >= 0.3 is 0 Å². The molecule has 0 bridgehead atoms. The van der Waals surface area contributed by atoms with Crippen molar-refractivity contribution in [1.82, 2.24) is 0 Å². The maximum atomic E-state index is 5.34. The number of rotatable bonds is 2. The molecule has 3 aromatic rings. The monoisotopic (exact) mass is 356 g/mol. The van der Waals surface area contributed by atoms with Crippen molar-refractivity contribution in [2.24, 2.45) is 0 Å². The highest BCUT2D eigenvalue weighted by Gasteiger charge is 2.00. The van der Waals surface area contributed by atoms with Gasteiger partial charge in [0.25, 0.3) is 0 Å². The zero-order valence-corrected chi connectivity index (χ0v) is 13.5. The standard InChI is InChI=1S/C17H13BrN2S/c18-14-6-9-15(10-7-14)19-17(21)20-16-8-5-12-3-1-2-4-13(12)11-16/h1-11H,(H2,19,20,21). The highest BCUT2D eigenvalue weighted by Crippen LogP contribution is 2.19. The van der Waals surface area contributed by atoms with Gasteiger partial charge in [0.1, 0.15) is 0 Å². The molecule has 0 saturated heterocycles. The highest BCUT2D eigenvalue weighted by molar-refractivity contribution is 9.10. The highest BCUT2D eigenvalue weighted by atomic mass is 79.9. The molecule has 21 heavy (non-hydrogen) atoms. The first kappa shape index (κ1) is 14.0. The first-order chi connectivity index (χ1) is 10.2. The zero-order valence-electron chi connectivity index (χ0n) is 11.1. The van der Waals surface area contributed by atoms with Crippen LogP contribution in [0.2, 0.25) is 0 Å². The second kappa shape index (κ2) is 6.24. The van der Waals surface area contributed by atoms with Gasteiger partial charge < -0.3 is 10.6 Å². The van der Waals surface area contributed by atoms with Crippen molar-refractivity contribution in [3.8, 4) is 0 Å². The fourth-order valence-electron chi connectivity index (χ4n) is 2.09. The van der Waals surface area contributed by atoms with E-state index in [1.807, 2.05) is 42.5 Å². The first-order valence-corrected chi connectivity index (χ1v) is 7.73. The van der Waals surface area contributed by atoms with Gasteiger partial charge in [-0.1, -0.05) is 46.3 Å². The van der Waals surface area contributed by atoms with Gasteiger partial charge in [-0.3, -0.25) is 0 Å². The molecular weight excluding hydrogens is 344 g/mol. The molecule has 3 rings (SSSR count). The summed E-state index contributed by atoms with van der Waals surface area (Å²) in [7, 11) is 0. The van der Waals surface area contributed by atoms with Crippen LogP contribution in [0.25, 0.3) is 10.8 Å². The van der Waals surface area contributed by atoms with Crippen molar-refractivity contribution in [3.63, 3.8) is 0 Å². The number of hydrogen-bond donors (Lipinski definition) is 2. The zero-order chi connectivity index (χ0) is 14.7. The Morgan fingerprint density at radius 2 is 1.38 bits per heavy atom. The average Bonchev–Trinajstić information content (AvgIpc) is 2.49. The largest absolute Gasteiger partial charge is 0.332 e. The van der Waals surface area contributed by atoms with Crippen LogP contribution in [0.15, 0.2) is 71.2 Å². The molecule has 0 radical (unpaired) electrons. The van der Waals surface area contributed by atoms with Gasteiger partial charge in [0.2, 0.25) is 0 Å². The maximum absolute atomic E-state index is 5.34. The Bertz CT molecular complexity index is 784. The van der Waals surface area contributed by atoms with Gasteiger partial charge in [0, 0.05) is 15.8 Å². The molecule has 2 nitrogen and oxygen atoms in total. The summed E-state index contributed by atoms with van der Waals surface area (Å²) < 4.78 is 1.04. The van der Waals surface area contributed by atoms with Gasteiger partial charge in [-0.25, -0.2) is 0 Å². The molecule has 0 aliphatic heterocycles. The second-order valence-electron chi connectivity index (χ2n) is 4.65. The van der Waals surface area contributed by atoms with Crippen LogP contribution >= 0.6 is 28.1 Å². The molecule has 2 N–H and O–H groups in total. The molecule has 0 aromatic heterocycles. The van der Waals surface area contributed by atoms with Crippen molar-refractivity contribution >= 4 is 55.4 Å². The van der Waals surface area contributed by atoms with E-state index in [4.69, 9.17) is 12.2 Å². The van der Waals surface area contributed by atoms with E-state index in [2.05, 4.69) is 50.8 Å². The average molecular weight is 357 g/mol. The maximum Gasteiger partial charge on any atom is 0.175 e. The van der Waals surface area contributed by atoms with E-state index in [1.165, 1.54) is 10.8 Å². The molecule has 0 aliphatic rings. The smallest absolute Gasteiger partial charge is 0.175 e. The molecule has 3 aromatic carbocycles. The van der Waals surface area contributed by atoms with Crippen LogP contribution in [-0.2, 0) is 0 Å². The van der Waals surface area contributed by atoms with Gasteiger partial charge in [0.05, 0.1) is 0 Å². The molecule has 0 heterocycles. The lowest BCUT2D eigenvalue weighted by atomic mass is 10.1. The third-order valence-corrected chi connectivity index (χ3v) is 3.84. The van der Waals surface area contributed by atoms with E-state index < -0.39 is 0 Å². The fourth-order valence-corrected chi connectivity index (χ4v) is 2.59. The Morgan fingerprint density at radius 1 is 0.762 bits per heavy atom. The van der Waals surface area contributed by atoms with Crippen LogP contribution in [0.3, 0.4) is 0 Å². The number of hydrogen-bond acceptors (Lipinski definition) is 1. The van der Waals surface area contributed by atoms with E-state index >= 15 is 0 Å². The molecule has 0 fully saturated rings. The van der Waals surface area contributed by atoms with Crippen LogP contribution in [0, 0.1) is 0 Å². The van der Waals surface area contributed by atoms with Crippen LogP contribution < -0.4 is 10.6 Å². The Balaban J connectivity index is 1.72.